The molecule has 1 aromatic carbocycles. The minimum absolute atomic E-state index is 0.645. The summed E-state index contributed by atoms with van der Waals surface area (Å²) in [6.45, 7) is 4.17. The van der Waals surface area contributed by atoms with Crippen LogP contribution < -0.4 is 4.74 Å². The number of nitrogens with zero attached hydrogens (tertiary/aromatic N) is 6. The standard InChI is InChI=1S/C22H20N6O/c1-14-15(2)28(19-6-4-5-11-23-19)21-20(14)22-25-18(26-27(22)13-24-21)12-16-7-9-17(29-3)10-8-16/h4-11,13H,12H2,1-3H3. The molecule has 0 aliphatic rings. The molecule has 4 aromatic heterocycles. The summed E-state index contributed by atoms with van der Waals surface area (Å²) in [5.74, 6) is 2.44. The van der Waals surface area contributed by atoms with Crippen LogP contribution in [0.4, 0.5) is 0 Å². The first-order valence-electron chi connectivity index (χ1n) is 9.42. The number of hydrogen-bond acceptors (Lipinski definition) is 5. The zero-order valence-corrected chi connectivity index (χ0v) is 16.5. The average Bonchev–Trinajstić information content (AvgIpc) is 3.27. The molecule has 144 valence electrons. The van der Waals surface area contributed by atoms with Crippen molar-refractivity contribution in [2.75, 3.05) is 7.11 Å². The Morgan fingerprint density at radius 1 is 0.966 bits per heavy atom. The van der Waals surface area contributed by atoms with Gasteiger partial charge in [0.05, 0.1) is 12.5 Å². The normalized spacial score (nSPS) is 11.4. The number of aryl methyl sites for hydroxylation is 1. The van der Waals surface area contributed by atoms with Crippen LogP contribution in [0.3, 0.4) is 0 Å². The van der Waals surface area contributed by atoms with Gasteiger partial charge in [-0.05, 0) is 49.2 Å². The smallest absolute Gasteiger partial charge is 0.168 e. The summed E-state index contributed by atoms with van der Waals surface area (Å²) >= 11 is 0. The first-order valence-corrected chi connectivity index (χ1v) is 9.42. The summed E-state index contributed by atoms with van der Waals surface area (Å²) in [5.41, 5.74) is 5.01. The number of hydrogen-bond donors (Lipinski definition) is 0. The molecule has 0 atom stereocenters. The summed E-state index contributed by atoms with van der Waals surface area (Å²) in [7, 11) is 1.67. The van der Waals surface area contributed by atoms with E-state index in [0.29, 0.717) is 6.42 Å². The monoisotopic (exact) mass is 384 g/mol. The van der Waals surface area contributed by atoms with E-state index in [9.17, 15) is 0 Å². The lowest BCUT2D eigenvalue weighted by Gasteiger charge is -2.05. The van der Waals surface area contributed by atoms with Gasteiger partial charge in [0.15, 0.2) is 17.1 Å². The fourth-order valence-electron chi connectivity index (χ4n) is 3.67. The highest BCUT2D eigenvalue weighted by atomic mass is 16.5. The van der Waals surface area contributed by atoms with E-state index in [1.54, 1.807) is 24.1 Å². The third-order valence-corrected chi connectivity index (χ3v) is 5.28. The second-order valence-corrected chi connectivity index (χ2v) is 7.00. The Kier molecular flexibility index (Phi) is 4.01. The minimum Gasteiger partial charge on any atom is -0.497 e. The van der Waals surface area contributed by atoms with E-state index in [4.69, 9.17) is 9.72 Å². The van der Waals surface area contributed by atoms with Gasteiger partial charge in [-0.1, -0.05) is 18.2 Å². The Labute approximate surface area is 167 Å². The molecular weight excluding hydrogens is 364 g/mol. The molecule has 0 saturated carbocycles. The zero-order valence-electron chi connectivity index (χ0n) is 16.5. The van der Waals surface area contributed by atoms with Gasteiger partial charge >= 0.3 is 0 Å². The molecule has 0 bridgehead atoms. The minimum atomic E-state index is 0.645. The van der Waals surface area contributed by atoms with Crippen LogP contribution in [0.25, 0.3) is 22.5 Å². The second kappa shape index (κ2) is 6.70. The largest absolute Gasteiger partial charge is 0.497 e. The molecule has 0 N–H and O–H groups in total. The maximum absolute atomic E-state index is 5.23. The second-order valence-electron chi connectivity index (χ2n) is 7.00. The molecule has 5 rings (SSSR count). The molecule has 29 heavy (non-hydrogen) atoms. The number of fused-ring (bicyclic) bond motifs is 3. The van der Waals surface area contributed by atoms with E-state index >= 15 is 0 Å². The number of aromatic nitrogens is 6. The van der Waals surface area contributed by atoms with Crippen LogP contribution >= 0.6 is 0 Å². The molecule has 0 amide bonds. The van der Waals surface area contributed by atoms with Crippen molar-refractivity contribution in [2.45, 2.75) is 20.3 Å². The van der Waals surface area contributed by atoms with Crippen molar-refractivity contribution in [1.29, 1.82) is 0 Å². The molecular formula is C22H20N6O. The molecule has 0 spiro atoms. The van der Waals surface area contributed by atoms with E-state index in [-0.39, 0.29) is 0 Å². The maximum atomic E-state index is 5.23. The van der Waals surface area contributed by atoms with Gasteiger partial charge in [-0.25, -0.2) is 19.5 Å². The summed E-state index contributed by atoms with van der Waals surface area (Å²) in [6.07, 6.45) is 4.16. The third-order valence-electron chi connectivity index (χ3n) is 5.28. The van der Waals surface area contributed by atoms with Gasteiger partial charge in [-0.3, -0.25) is 4.57 Å². The lowest BCUT2D eigenvalue weighted by Crippen LogP contribution is -2.01. The highest BCUT2D eigenvalue weighted by Gasteiger charge is 2.19. The van der Waals surface area contributed by atoms with Crippen LogP contribution in [0.1, 0.15) is 22.6 Å². The maximum Gasteiger partial charge on any atom is 0.168 e. The van der Waals surface area contributed by atoms with Crippen molar-refractivity contribution in [2.24, 2.45) is 0 Å². The summed E-state index contributed by atoms with van der Waals surface area (Å²) in [5, 5.41) is 5.64. The molecule has 4 heterocycles. The van der Waals surface area contributed by atoms with Crippen molar-refractivity contribution < 1.29 is 4.74 Å². The van der Waals surface area contributed by atoms with Crippen LogP contribution in [0, 0.1) is 13.8 Å². The van der Waals surface area contributed by atoms with Crippen LogP contribution in [0.15, 0.2) is 55.0 Å². The first-order chi connectivity index (χ1) is 14.2. The number of rotatable bonds is 4. The summed E-state index contributed by atoms with van der Waals surface area (Å²) in [6, 6.07) is 13.8. The zero-order chi connectivity index (χ0) is 20.0. The summed E-state index contributed by atoms with van der Waals surface area (Å²) < 4.78 is 9.06. The molecule has 7 nitrogen and oxygen atoms in total. The predicted octanol–water partition coefficient (Wildman–Crippen LogP) is 3.68. The van der Waals surface area contributed by atoms with Gasteiger partial charge < -0.3 is 4.74 Å². The van der Waals surface area contributed by atoms with Gasteiger partial charge in [0.2, 0.25) is 0 Å². The fourth-order valence-corrected chi connectivity index (χ4v) is 3.67. The van der Waals surface area contributed by atoms with Gasteiger partial charge in [0.1, 0.15) is 17.9 Å². The Morgan fingerprint density at radius 2 is 1.79 bits per heavy atom. The molecule has 5 aromatic rings. The number of methoxy groups -OCH3 is 1. The number of benzene rings is 1. The SMILES string of the molecule is COc1ccc(Cc2nc3c4c(C)c(C)n(-c5ccccn5)c4ncn3n2)cc1. The average molecular weight is 384 g/mol. The van der Waals surface area contributed by atoms with Crippen molar-refractivity contribution in [1.82, 2.24) is 29.1 Å². The van der Waals surface area contributed by atoms with Crippen molar-refractivity contribution in [3.63, 3.8) is 0 Å². The number of pyridine rings is 1. The molecule has 0 radical (unpaired) electrons. The highest BCUT2D eigenvalue weighted by Crippen LogP contribution is 2.29. The first kappa shape index (κ1) is 17.4. The Hall–Kier alpha value is -3.74. The van der Waals surface area contributed by atoms with E-state index in [1.807, 2.05) is 42.5 Å². The van der Waals surface area contributed by atoms with Gasteiger partial charge in [-0.2, -0.15) is 0 Å². The quantitative estimate of drug-likeness (QED) is 0.473. The molecule has 0 unspecified atom stereocenters. The molecule has 0 fully saturated rings. The van der Waals surface area contributed by atoms with E-state index in [1.165, 1.54) is 0 Å². The van der Waals surface area contributed by atoms with Crippen molar-refractivity contribution >= 4 is 16.7 Å². The van der Waals surface area contributed by atoms with Crippen LogP contribution in [0.5, 0.6) is 5.75 Å². The highest BCUT2D eigenvalue weighted by molar-refractivity contribution is 5.94. The molecule has 0 aliphatic heterocycles. The van der Waals surface area contributed by atoms with Gasteiger partial charge in [-0.15, -0.1) is 5.10 Å². The third kappa shape index (κ3) is 2.82. The molecule has 0 aliphatic carbocycles. The predicted molar refractivity (Wildman–Crippen MR) is 111 cm³/mol. The van der Waals surface area contributed by atoms with E-state index < -0.39 is 0 Å². The van der Waals surface area contributed by atoms with Crippen molar-refractivity contribution in [3.8, 4) is 11.6 Å². The lowest BCUT2D eigenvalue weighted by atomic mass is 10.1. The molecule has 7 heteroatoms. The van der Waals surface area contributed by atoms with Crippen molar-refractivity contribution in [3.05, 3.63) is 77.6 Å². The topological polar surface area (TPSA) is 70.1 Å². The Bertz CT molecular complexity index is 1320. The van der Waals surface area contributed by atoms with Gasteiger partial charge in [0.25, 0.3) is 0 Å². The van der Waals surface area contributed by atoms with Crippen LogP contribution in [0.2, 0.25) is 0 Å². The lowest BCUT2D eigenvalue weighted by molar-refractivity contribution is 0.414. The summed E-state index contributed by atoms with van der Waals surface area (Å²) in [4.78, 5) is 14.0. The fraction of sp³-hybridized carbons (Fsp3) is 0.182. The Balaban J connectivity index is 1.63. The van der Waals surface area contributed by atoms with Gasteiger partial charge in [0, 0.05) is 18.3 Å². The van der Waals surface area contributed by atoms with E-state index in [0.717, 1.165) is 50.9 Å². The van der Waals surface area contributed by atoms with Crippen LogP contribution in [-0.2, 0) is 6.42 Å². The van der Waals surface area contributed by atoms with E-state index in [2.05, 4.69) is 33.5 Å². The molecule has 0 saturated heterocycles. The number of ether oxygens (including phenoxy) is 1. The van der Waals surface area contributed by atoms with Crippen LogP contribution in [-0.4, -0.2) is 36.2 Å². The Morgan fingerprint density at radius 3 is 2.52 bits per heavy atom.